The Hall–Kier alpha value is -3.19. The van der Waals surface area contributed by atoms with E-state index >= 15 is 0 Å². The second kappa shape index (κ2) is 9.35. The molecule has 2 aromatic heterocycles. The molecule has 0 radical (unpaired) electrons. The van der Waals surface area contributed by atoms with Gasteiger partial charge in [0, 0.05) is 37.1 Å². The minimum absolute atomic E-state index is 0.101. The van der Waals surface area contributed by atoms with Gasteiger partial charge in [0.1, 0.15) is 0 Å². The first-order valence-electron chi connectivity index (χ1n) is 10.5. The van der Waals surface area contributed by atoms with E-state index < -0.39 is 18.4 Å². The number of hydrogen-bond donors (Lipinski definition) is 1. The molecule has 172 valence electrons. The Morgan fingerprint density at radius 2 is 1.88 bits per heavy atom. The zero-order chi connectivity index (χ0) is 23.6. The van der Waals surface area contributed by atoms with E-state index in [0.29, 0.717) is 17.1 Å². The number of rotatable bonds is 6. The largest absolute Gasteiger partial charge is 0.461 e. The lowest BCUT2D eigenvalue weighted by Gasteiger charge is -2.23. The molecule has 0 bridgehead atoms. The highest BCUT2D eigenvalue weighted by Gasteiger charge is 2.40. The second-order valence-corrected chi connectivity index (χ2v) is 8.67. The quantitative estimate of drug-likeness (QED) is 0.549. The van der Waals surface area contributed by atoms with Crippen LogP contribution in [0.25, 0.3) is 11.1 Å². The summed E-state index contributed by atoms with van der Waals surface area (Å²) in [4.78, 5) is 27.1. The Morgan fingerprint density at radius 1 is 1.15 bits per heavy atom. The van der Waals surface area contributed by atoms with Gasteiger partial charge >= 0.3 is 6.01 Å². The van der Waals surface area contributed by atoms with Crippen LogP contribution in [0.4, 0.5) is 20.3 Å². The predicted molar refractivity (Wildman–Crippen MR) is 127 cm³/mol. The number of hydrogen-bond acceptors (Lipinski definition) is 6. The van der Waals surface area contributed by atoms with Gasteiger partial charge < -0.3 is 15.0 Å². The fourth-order valence-corrected chi connectivity index (χ4v) is 3.95. The topological polar surface area (TPSA) is 80.2 Å². The van der Waals surface area contributed by atoms with Crippen LogP contribution in [0.5, 0.6) is 6.01 Å². The van der Waals surface area contributed by atoms with Crippen molar-refractivity contribution in [3.8, 4) is 17.1 Å². The van der Waals surface area contributed by atoms with Gasteiger partial charge in [0.25, 0.3) is 11.8 Å². The Bertz CT molecular complexity index is 1160. The number of carbonyl (C=O) groups excluding carboxylic acids is 1. The van der Waals surface area contributed by atoms with E-state index in [2.05, 4.69) is 29.5 Å². The maximum Gasteiger partial charge on any atom is 0.316 e. The molecule has 1 aromatic carbocycles. The summed E-state index contributed by atoms with van der Waals surface area (Å²) < 4.78 is 33.4. The molecule has 1 aliphatic heterocycles. The number of carbonyl (C=O) groups is 1. The van der Waals surface area contributed by atoms with Crippen molar-refractivity contribution >= 4 is 32.0 Å². The van der Waals surface area contributed by atoms with Crippen molar-refractivity contribution in [2.24, 2.45) is 0 Å². The number of nitrogens with one attached hydrogen (secondary N) is 1. The zero-order valence-corrected chi connectivity index (χ0v) is 19.4. The minimum Gasteiger partial charge on any atom is -0.461 e. The summed E-state index contributed by atoms with van der Waals surface area (Å²) in [6.45, 7) is 3.38. The van der Waals surface area contributed by atoms with E-state index in [4.69, 9.17) is 4.74 Å². The monoisotopic (exact) mass is 471 g/mol. The number of anilines is 2. The highest BCUT2D eigenvalue weighted by Crippen LogP contribution is 2.39. The van der Waals surface area contributed by atoms with E-state index in [1.807, 2.05) is 38.1 Å². The Labute approximate surface area is 192 Å². The van der Waals surface area contributed by atoms with E-state index in [1.54, 1.807) is 12.3 Å². The van der Waals surface area contributed by atoms with E-state index in [1.165, 1.54) is 17.3 Å². The molecular formula is C23H24F2N5O2P. The van der Waals surface area contributed by atoms with Crippen LogP contribution in [0.1, 0.15) is 30.6 Å². The summed E-state index contributed by atoms with van der Waals surface area (Å²) in [5.74, 6) is -2.99. The predicted octanol–water partition coefficient (Wildman–Crippen LogP) is 3.92. The van der Waals surface area contributed by atoms with Gasteiger partial charge in [0.05, 0.1) is 23.9 Å². The number of halogens is 2. The minimum atomic E-state index is -2.81. The van der Waals surface area contributed by atoms with Crippen molar-refractivity contribution in [2.45, 2.75) is 32.3 Å². The van der Waals surface area contributed by atoms with Crippen molar-refractivity contribution in [3.63, 3.8) is 0 Å². The maximum absolute atomic E-state index is 14.0. The molecule has 0 spiro atoms. The number of nitrogens with zero attached hydrogens (tertiary/aromatic N) is 4. The van der Waals surface area contributed by atoms with Gasteiger partial charge in [-0.25, -0.2) is 23.7 Å². The van der Waals surface area contributed by atoms with Gasteiger partial charge in [0.2, 0.25) is 0 Å². The molecule has 1 amide bonds. The second-order valence-electron chi connectivity index (χ2n) is 8.05. The van der Waals surface area contributed by atoms with Crippen molar-refractivity contribution in [1.82, 2.24) is 15.0 Å². The van der Waals surface area contributed by atoms with Crippen LogP contribution >= 0.6 is 9.24 Å². The number of ether oxygens (including phenoxy) is 1. The lowest BCUT2D eigenvalue weighted by molar-refractivity contribution is 0.0257. The molecule has 0 saturated carbocycles. The molecular weight excluding hydrogens is 447 g/mol. The van der Waals surface area contributed by atoms with Crippen molar-refractivity contribution in [3.05, 3.63) is 54.5 Å². The summed E-state index contributed by atoms with van der Waals surface area (Å²) in [5.41, 5.74) is 2.08. The molecule has 1 aliphatic rings. The molecule has 3 aromatic rings. The van der Waals surface area contributed by atoms with Gasteiger partial charge in [0.15, 0.2) is 5.82 Å². The Kier molecular flexibility index (Phi) is 6.51. The molecule has 33 heavy (non-hydrogen) atoms. The third kappa shape index (κ3) is 5.25. The Morgan fingerprint density at radius 3 is 2.52 bits per heavy atom. The number of benzene rings is 1. The van der Waals surface area contributed by atoms with Crippen LogP contribution in [0.3, 0.4) is 0 Å². The normalized spacial score (nSPS) is 15.0. The van der Waals surface area contributed by atoms with Crippen LogP contribution in [0.2, 0.25) is 0 Å². The van der Waals surface area contributed by atoms with Gasteiger partial charge in [-0.1, -0.05) is 24.3 Å². The third-order valence-corrected chi connectivity index (χ3v) is 5.62. The molecule has 10 heteroatoms. The highest BCUT2D eigenvalue weighted by molar-refractivity contribution is 7.28. The third-order valence-electron chi connectivity index (χ3n) is 5.12. The number of amides is 1. The zero-order valence-electron chi connectivity index (χ0n) is 18.3. The molecule has 7 nitrogen and oxygen atoms in total. The molecule has 0 aliphatic carbocycles. The molecule has 1 fully saturated rings. The standard InChI is InChI=1S/C23H24F2N5O2P/c1-14(2)32-22-27-11-15(12-28-22)21(31)29-19-17(16-5-3-4-6-18(16)33)7-9-26-20(19)30-10-8-23(24,25)13-30/h3-7,9,11-12,14H,8,10,13,33H2,1-2H3,(H,29,31). The van der Waals surface area contributed by atoms with Crippen molar-refractivity contribution < 1.29 is 18.3 Å². The first-order chi connectivity index (χ1) is 15.7. The molecule has 1 unspecified atom stereocenters. The molecule has 4 rings (SSSR count). The van der Waals surface area contributed by atoms with Crippen LogP contribution < -0.4 is 20.3 Å². The fraction of sp³-hybridized carbons (Fsp3) is 0.304. The molecule has 3 heterocycles. The van der Waals surface area contributed by atoms with Gasteiger partial charge in [-0.05, 0) is 30.8 Å². The number of aromatic nitrogens is 3. The van der Waals surface area contributed by atoms with Gasteiger partial charge in [-0.2, -0.15) is 0 Å². The van der Waals surface area contributed by atoms with E-state index in [-0.39, 0.29) is 30.6 Å². The maximum atomic E-state index is 14.0. The van der Waals surface area contributed by atoms with Crippen LogP contribution in [-0.4, -0.2) is 46.0 Å². The summed E-state index contributed by atoms with van der Waals surface area (Å²) in [6.07, 6.45) is 3.93. The summed E-state index contributed by atoms with van der Waals surface area (Å²) in [7, 11) is 2.65. The highest BCUT2D eigenvalue weighted by atomic mass is 31.0. The first kappa shape index (κ1) is 23.0. The van der Waals surface area contributed by atoms with E-state index in [9.17, 15) is 13.6 Å². The Balaban J connectivity index is 1.72. The summed E-state index contributed by atoms with van der Waals surface area (Å²) in [5, 5.41) is 3.77. The molecule has 1 N–H and O–H groups in total. The molecule has 1 saturated heterocycles. The SMILES string of the molecule is CC(C)Oc1ncc(C(=O)Nc2c(-c3ccccc3P)ccnc2N2CCC(F)(F)C2)cn1. The fourth-order valence-electron chi connectivity index (χ4n) is 3.59. The lowest BCUT2D eigenvalue weighted by Crippen LogP contribution is -2.27. The van der Waals surface area contributed by atoms with Crippen LogP contribution in [0.15, 0.2) is 48.9 Å². The first-order valence-corrected chi connectivity index (χ1v) is 11.1. The van der Waals surface area contributed by atoms with Crippen molar-refractivity contribution in [1.29, 1.82) is 0 Å². The lowest BCUT2D eigenvalue weighted by atomic mass is 10.0. The van der Waals surface area contributed by atoms with Gasteiger partial charge in [-0.15, -0.1) is 9.24 Å². The summed E-state index contributed by atoms with van der Waals surface area (Å²) in [6, 6.07) is 9.51. The summed E-state index contributed by atoms with van der Waals surface area (Å²) >= 11 is 0. The van der Waals surface area contributed by atoms with Gasteiger partial charge in [-0.3, -0.25) is 4.79 Å². The van der Waals surface area contributed by atoms with Crippen molar-refractivity contribution in [2.75, 3.05) is 23.3 Å². The molecule has 1 atom stereocenters. The smallest absolute Gasteiger partial charge is 0.316 e. The van der Waals surface area contributed by atoms with Crippen LogP contribution in [0, 0.1) is 0 Å². The number of pyridine rings is 1. The van der Waals surface area contributed by atoms with Crippen LogP contribution in [-0.2, 0) is 0 Å². The number of alkyl halides is 2. The average Bonchev–Trinajstić information content (AvgIpc) is 3.14. The average molecular weight is 471 g/mol. The van der Waals surface area contributed by atoms with E-state index in [0.717, 1.165) is 10.9 Å².